The molecular weight excluding hydrogens is 521 g/mol. The summed E-state index contributed by atoms with van der Waals surface area (Å²) in [5, 5.41) is 15.6. The molecular formula is C25H31F3N6O5. The molecule has 14 heteroatoms. The second-order valence-corrected chi connectivity index (χ2v) is 9.77. The molecule has 1 aliphatic rings. The first-order chi connectivity index (χ1) is 18.3. The first kappa shape index (κ1) is 29.7. The number of nitrogens with one attached hydrogen (secondary N) is 3. The zero-order valence-corrected chi connectivity index (χ0v) is 21.7. The molecule has 3 amide bonds. The van der Waals surface area contributed by atoms with Crippen molar-refractivity contribution in [3.63, 3.8) is 0 Å². The van der Waals surface area contributed by atoms with Crippen molar-refractivity contribution in [2.75, 3.05) is 18.5 Å². The Hall–Kier alpha value is -3.81. The van der Waals surface area contributed by atoms with Crippen molar-refractivity contribution in [3.8, 4) is 0 Å². The van der Waals surface area contributed by atoms with E-state index in [1.807, 2.05) is 32.9 Å². The van der Waals surface area contributed by atoms with E-state index < -0.39 is 48.6 Å². The summed E-state index contributed by atoms with van der Waals surface area (Å²) in [6.45, 7) is 4.55. The highest BCUT2D eigenvalue weighted by Crippen LogP contribution is 2.22. The van der Waals surface area contributed by atoms with Crippen molar-refractivity contribution in [1.82, 2.24) is 25.6 Å². The van der Waals surface area contributed by atoms with E-state index in [0.717, 1.165) is 5.56 Å². The van der Waals surface area contributed by atoms with Crippen LogP contribution < -0.4 is 16.0 Å². The summed E-state index contributed by atoms with van der Waals surface area (Å²) in [4.78, 5) is 50.8. The van der Waals surface area contributed by atoms with Crippen molar-refractivity contribution in [3.05, 3.63) is 41.7 Å². The van der Waals surface area contributed by atoms with E-state index in [2.05, 4.69) is 31.0 Å². The normalized spacial score (nSPS) is 17.0. The second kappa shape index (κ2) is 12.8. The van der Waals surface area contributed by atoms with Crippen LogP contribution in [0.5, 0.6) is 0 Å². The van der Waals surface area contributed by atoms with Gasteiger partial charge in [0.2, 0.25) is 11.8 Å². The molecule has 11 nitrogen and oxygen atoms in total. The SMILES string of the molecule is Cc1ccccc1NC(=O)c1cn([C@@H](CC(C)C)C(=O)N[C@@H](C[C@@H]2CCNC2=O)C(=O)COC(F)(F)F)nn1. The molecule has 1 aliphatic heterocycles. The fourth-order valence-electron chi connectivity index (χ4n) is 4.16. The summed E-state index contributed by atoms with van der Waals surface area (Å²) in [6.07, 6.45) is -3.35. The Bertz CT molecular complexity index is 1200. The number of hydrogen-bond donors (Lipinski definition) is 3. The summed E-state index contributed by atoms with van der Waals surface area (Å²) in [7, 11) is 0. The fourth-order valence-corrected chi connectivity index (χ4v) is 4.16. The van der Waals surface area contributed by atoms with E-state index in [4.69, 9.17) is 0 Å². The molecule has 2 heterocycles. The van der Waals surface area contributed by atoms with Crippen molar-refractivity contribution in [1.29, 1.82) is 0 Å². The van der Waals surface area contributed by atoms with Crippen LogP contribution in [0.25, 0.3) is 0 Å². The lowest BCUT2D eigenvalue weighted by Gasteiger charge is -2.24. The zero-order chi connectivity index (χ0) is 28.7. The number of Topliss-reactive ketones (excluding diaryl/α,β-unsaturated/α-hetero) is 1. The number of halogens is 3. The minimum absolute atomic E-state index is 0.0440. The molecule has 0 bridgehead atoms. The molecule has 0 aliphatic carbocycles. The number of benzene rings is 1. The number of amides is 3. The third-order valence-electron chi connectivity index (χ3n) is 6.22. The van der Waals surface area contributed by atoms with Gasteiger partial charge in [0.05, 0.1) is 12.2 Å². The van der Waals surface area contributed by atoms with Gasteiger partial charge in [0.25, 0.3) is 5.91 Å². The Morgan fingerprint density at radius 3 is 2.56 bits per heavy atom. The van der Waals surface area contributed by atoms with Crippen LogP contribution in [0.15, 0.2) is 30.5 Å². The average molecular weight is 553 g/mol. The molecule has 39 heavy (non-hydrogen) atoms. The summed E-state index contributed by atoms with van der Waals surface area (Å²) in [6, 6.07) is 4.68. The van der Waals surface area contributed by atoms with Crippen molar-refractivity contribution in [2.24, 2.45) is 11.8 Å². The number of aromatic nitrogens is 3. The van der Waals surface area contributed by atoms with E-state index in [1.165, 1.54) is 10.9 Å². The average Bonchev–Trinajstić information content (AvgIpc) is 3.51. The summed E-state index contributed by atoms with van der Waals surface area (Å²) < 4.78 is 42.5. The van der Waals surface area contributed by atoms with Crippen LogP contribution in [0.4, 0.5) is 18.9 Å². The standard InChI is InChI=1S/C25H31F3N6O5/c1-14(2)10-20(34-12-19(32-33-34)23(37)30-17-7-5-4-6-15(17)3)24(38)31-18(11-16-8-9-29-22(16)36)21(35)13-39-25(26,27)28/h4-7,12,14,16,18,20H,8-11,13H2,1-3H3,(H,29,36)(H,30,37)(H,31,38)/t16-,18-,20-/m0/s1. The number of para-hydroxylation sites is 1. The van der Waals surface area contributed by atoms with Gasteiger partial charge in [-0.1, -0.05) is 37.3 Å². The Labute approximate surface area is 222 Å². The highest BCUT2D eigenvalue weighted by Gasteiger charge is 2.36. The number of ketones is 1. The molecule has 212 valence electrons. The van der Waals surface area contributed by atoms with Gasteiger partial charge in [-0.25, -0.2) is 4.68 Å². The zero-order valence-electron chi connectivity index (χ0n) is 21.7. The minimum atomic E-state index is -5.04. The van der Waals surface area contributed by atoms with Gasteiger partial charge in [-0.05, 0) is 43.7 Å². The van der Waals surface area contributed by atoms with Gasteiger partial charge in [0.15, 0.2) is 11.5 Å². The number of rotatable bonds is 12. The van der Waals surface area contributed by atoms with Crippen LogP contribution in [-0.2, 0) is 19.1 Å². The van der Waals surface area contributed by atoms with Crippen LogP contribution in [-0.4, -0.2) is 64.1 Å². The molecule has 3 N–H and O–H groups in total. The third kappa shape index (κ3) is 8.60. The molecule has 0 unspecified atom stereocenters. The Morgan fingerprint density at radius 2 is 1.95 bits per heavy atom. The van der Waals surface area contributed by atoms with Crippen LogP contribution in [0.1, 0.15) is 55.2 Å². The predicted octanol–water partition coefficient (Wildman–Crippen LogP) is 2.54. The van der Waals surface area contributed by atoms with Gasteiger partial charge in [-0.2, -0.15) is 0 Å². The smallest absolute Gasteiger partial charge is 0.356 e. The minimum Gasteiger partial charge on any atom is -0.356 e. The maximum Gasteiger partial charge on any atom is 0.522 e. The molecule has 1 aromatic carbocycles. The Morgan fingerprint density at radius 1 is 1.23 bits per heavy atom. The lowest BCUT2D eigenvalue weighted by Crippen LogP contribution is -2.47. The monoisotopic (exact) mass is 552 g/mol. The quantitative estimate of drug-likeness (QED) is 0.367. The number of carbonyl (C=O) groups excluding carboxylic acids is 4. The number of nitrogens with zero attached hydrogens (tertiary/aromatic N) is 3. The van der Waals surface area contributed by atoms with Gasteiger partial charge in [0, 0.05) is 18.2 Å². The summed E-state index contributed by atoms with van der Waals surface area (Å²) >= 11 is 0. The highest BCUT2D eigenvalue weighted by atomic mass is 19.4. The molecule has 3 atom stereocenters. The lowest BCUT2D eigenvalue weighted by atomic mass is 9.95. The molecule has 0 radical (unpaired) electrons. The molecule has 1 aromatic heterocycles. The number of alkyl halides is 3. The maximum absolute atomic E-state index is 13.3. The molecule has 1 fully saturated rings. The number of ether oxygens (including phenoxy) is 1. The van der Waals surface area contributed by atoms with Crippen molar-refractivity contribution in [2.45, 2.75) is 58.5 Å². The van der Waals surface area contributed by atoms with Gasteiger partial charge >= 0.3 is 6.36 Å². The Balaban J connectivity index is 1.78. The van der Waals surface area contributed by atoms with Crippen molar-refractivity contribution < 1.29 is 37.1 Å². The van der Waals surface area contributed by atoms with E-state index in [9.17, 15) is 32.3 Å². The molecule has 1 saturated heterocycles. The molecule has 3 rings (SSSR count). The number of carbonyl (C=O) groups is 4. The highest BCUT2D eigenvalue weighted by molar-refractivity contribution is 6.03. The third-order valence-corrected chi connectivity index (χ3v) is 6.22. The van der Waals surface area contributed by atoms with Crippen molar-refractivity contribution >= 4 is 29.2 Å². The number of aryl methyl sites for hydroxylation is 1. The van der Waals surface area contributed by atoms with Gasteiger partial charge in [-0.3, -0.25) is 23.9 Å². The fraction of sp³-hybridized carbons (Fsp3) is 0.520. The first-order valence-corrected chi connectivity index (χ1v) is 12.4. The largest absolute Gasteiger partial charge is 0.522 e. The van der Waals surface area contributed by atoms with E-state index in [0.29, 0.717) is 18.7 Å². The molecule has 2 aromatic rings. The second-order valence-electron chi connectivity index (χ2n) is 9.77. The maximum atomic E-state index is 13.3. The van der Waals surface area contributed by atoms with Gasteiger partial charge in [0.1, 0.15) is 12.6 Å². The number of hydrogen-bond acceptors (Lipinski definition) is 7. The van der Waals surface area contributed by atoms with E-state index >= 15 is 0 Å². The van der Waals surface area contributed by atoms with Crippen LogP contribution in [0.3, 0.4) is 0 Å². The van der Waals surface area contributed by atoms with Crippen LogP contribution >= 0.6 is 0 Å². The Kier molecular flexibility index (Phi) is 9.78. The number of anilines is 1. The predicted molar refractivity (Wildman–Crippen MR) is 132 cm³/mol. The van der Waals surface area contributed by atoms with Crippen LogP contribution in [0, 0.1) is 18.8 Å². The topological polar surface area (TPSA) is 144 Å². The summed E-state index contributed by atoms with van der Waals surface area (Å²) in [5.41, 5.74) is 1.34. The summed E-state index contributed by atoms with van der Waals surface area (Å²) in [5.74, 6) is -3.35. The lowest BCUT2D eigenvalue weighted by molar-refractivity contribution is -0.321. The molecule has 0 saturated carbocycles. The van der Waals surface area contributed by atoms with Gasteiger partial charge < -0.3 is 16.0 Å². The first-order valence-electron chi connectivity index (χ1n) is 12.4. The molecule has 0 spiro atoms. The van der Waals surface area contributed by atoms with Gasteiger partial charge in [-0.15, -0.1) is 18.3 Å². The van der Waals surface area contributed by atoms with E-state index in [-0.39, 0.29) is 30.4 Å². The van der Waals surface area contributed by atoms with Crippen LogP contribution in [0.2, 0.25) is 0 Å². The van der Waals surface area contributed by atoms with E-state index in [1.54, 1.807) is 12.1 Å².